The van der Waals surface area contributed by atoms with E-state index in [0.717, 1.165) is 34.0 Å². The van der Waals surface area contributed by atoms with Crippen LogP contribution in [-0.2, 0) is 18.6 Å². The Morgan fingerprint density at radius 3 is 3.07 bits per heavy atom. The van der Waals surface area contributed by atoms with Gasteiger partial charge in [-0.05, 0) is 37.0 Å². The van der Waals surface area contributed by atoms with Crippen LogP contribution in [0.3, 0.4) is 0 Å². The summed E-state index contributed by atoms with van der Waals surface area (Å²) >= 11 is 3.42. The molecule has 8 heteroatoms. The molecule has 6 nitrogen and oxygen atoms in total. The number of para-hydroxylation sites is 1. The average molecular weight is 396 g/mol. The van der Waals surface area contributed by atoms with Crippen molar-refractivity contribution in [1.82, 2.24) is 20.1 Å². The van der Waals surface area contributed by atoms with Crippen molar-refractivity contribution in [2.75, 3.05) is 7.11 Å². The average Bonchev–Trinajstić information content (AvgIpc) is 3.42. The van der Waals surface area contributed by atoms with Crippen LogP contribution in [0.25, 0.3) is 21.6 Å². The number of methoxy groups -OCH3 is 1. The van der Waals surface area contributed by atoms with Gasteiger partial charge in [0.25, 0.3) is 0 Å². The van der Waals surface area contributed by atoms with Gasteiger partial charge in [-0.3, -0.25) is 0 Å². The van der Waals surface area contributed by atoms with Gasteiger partial charge in [-0.15, -0.1) is 11.3 Å². The SMILES string of the molecule is COc1ccccc1-c1noc(CSc2ncnc3sc4c(c23)CCC4)n1. The minimum Gasteiger partial charge on any atom is -0.496 e. The van der Waals surface area contributed by atoms with Crippen LogP contribution in [0, 0.1) is 0 Å². The number of benzene rings is 1. The van der Waals surface area contributed by atoms with Gasteiger partial charge in [-0.25, -0.2) is 9.97 Å². The fourth-order valence-corrected chi connectivity index (χ4v) is 5.55. The molecule has 0 unspecified atom stereocenters. The van der Waals surface area contributed by atoms with Gasteiger partial charge in [0, 0.05) is 10.3 Å². The fraction of sp³-hybridized carbons (Fsp3) is 0.263. The molecule has 3 heterocycles. The highest BCUT2D eigenvalue weighted by molar-refractivity contribution is 7.98. The second-order valence-electron chi connectivity index (χ2n) is 6.22. The number of thiophene rings is 1. The molecule has 27 heavy (non-hydrogen) atoms. The van der Waals surface area contributed by atoms with Crippen molar-refractivity contribution in [2.24, 2.45) is 0 Å². The number of aromatic nitrogens is 4. The maximum absolute atomic E-state index is 5.45. The second-order valence-corrected chi connectivity index (χ2v) is 8.26. The molecule has 0 spiro atoms. The molecule has 1 aliphatic rings. The van der Waals surface area contributed by atoms with Crippen LogP contribution < -0.4 is 4.74 Å². The molecule has 1 aromatic carbocycles. The van der Waals surface area contributed by atoms with Crippen molar-refractivity contribution in [3.05, 3.63) is 46.9 Å². The second kappa shape index (κ2) is 6.94. The Kier molecular flexibility index (Phi) is 4.29. The summed E-state index contributed by atoms with van der Waals surface area (Å²) in [6.07, 6.45) is 5.15. The van der Waals surface area contributed by atoms with E-state index in [2.05, 4.69) is 20.1 Å². The van der Waals surface area contributed by atoms with Crippen molar-refractivity contribution >= 4 is 33.3 Å². The first kappa shape index (κ1) is 16.7. The van der Waals surface area contributed by atoms with E-state index in [4.69, 9.17) is 9.26 Å². The molecule has 5 rings (SSSR count). The fourth-order valence-electron chi connectivity index (χ4n) is 3.39. The zero-order valence-corrected chi connectivity index (χ0v) is 16.3. The van der Waals surface area contributed by atoms with Crippen LogP contribution in [-0.4, -0.2) is 27.2 Å². The summed E-state index contributed by atoms with van der Waals surface area (Å²) in [7, 11) is 1.63. The normalized spacial score (nSPS) is 13.2. The largest absolute Gasteiger partial charge is 0.496 e. The maximum atomic E-state index is 5.45. The highest BCUT2D eigenvalue weighted by atomic mass is 32.2. The molecule has 0 N–H and O–H groups in total. The zero-order valence-electron chi connectivity index (χ0n) is 14.6. The Morgan fingerprint density at radius 1 is 1.22 bits per heavy atom. The number of fused-ring (bicyclic) bond motifs is 3. The topological polar surface area (TPSA) is 73.9 Å². The van der Waals surface area contributed by atoms with Crippen LogP contribution in [0.4, 0.5) is 0 Å². The summed E-state index contributed by atoms with van der Waals surface area (Å²) in [6, 6.07) is 7.65. The van der Waals surface area contributed by atoms with E-state index in [9.17, 15) is 0 Å². The first-order chi connectivity index (χ1) is 13.3. The zero-order chi connectivity index (χ0) is 18.2. The van der Waals surface area contributed by atoms with E-state index >= 15 is 0 Å². The number of aryl methyl sites for hydroxylation is 2. The van der Waals surface area contributed by atoms with Gasteiger partial charge in [0.2, 0.25) is 11.7 Å². The van der Waals surface area contributed by atoms with Crippen LogP contribution >= 0.6 is 23.1 Å². The minimum absolute atomic E-state index is 0.535. The van der Waals surface area contributed by atoms with Crippen LogP contribution in [0.15, 0.2) is 40.1 Å². The third-order valence-electron chi connectivity index (χ3n) is 4.61. The lowest BCUT2D eigenvalue weighted by Crippen LogP contribution is -1.90. The Morgan fingerprint density at radius 2 is 2.15 bits per heavy atom. The highest BCUT2D eigenvalue weighted by Gasteiger charge is 2.22. The van der Waals surface area contributed by atoms with E-state index < -0.39 is 0 Å². The summed E-state index contributed by atoms with van der Waals surface area (Å²) in [5.41, 5.74) is 2.25. The summed E-state index contributed by atoms with van der Waals surface area (Å²) in [6.45, 7) is 0. The van der Waals surface area contributed by atoms with Gasteiger partial charge in [-0.1, -0.05) is 29.1 Å². The van der Waals surface area contributed by atoms with Crippen molar-refractivity contribution in [1.29, 1.82) is 0 Å². The van der Waals surface area contributed by atoms with Gasteiger partial charge in [0.05, 0.1) is 18.4 Å². The smallest absolute Gasteiger partial charge is 0.237 e. The summed E-state index contributed by atoms with van der Waals surface area (Å²) in [5.74, 6) is 2.40. The molecular formula is C19H16N4O2S2. The molecule has 0 saturated heterocycles. The molecule has 0 amide bonds. The molecule has 0 fully saturated rings. The van der Waals surface area contributed by atoms with Gasteiger partial charge in [0.1, 0.15) is 21.9 Å². The monoisotopic (exact) mass is 396 g/mol. The molecule has 0 aliphatic heterocycles. The van der Waals surface area contributed by atoms with E-state index in [0.29, 0.717) is 17.5 Å². The molecule has 4 aromatic rings. The highest BCUT2D eigenvalue weighted by Crippen LogP contribution is 2.40. The predicted molar refractivity (Wildman–Crippen MR) is 105 cm³/mol. The number of ether oxygens (including phenoxy) is 1. The molecule has 1 aliphatic carbocycles. The minimum atomic E-state index is 0.535. The van der Waals surface area contributed by atoms with E-state index in [-0.39, 0.29) is 0 Å². The van der Waals surface area contributed by atoms with Crippen molar-refractivity contribution < 1.29 is 9.26 Å². The van der Waals surface area contributed by atoms with Crippen molar-refractivity contribution in [2.45, 2.75) is 30.0 Å². The molecule has 3 aromatic heterocycles. The predicted octanol–water partition coefficient (Wildman–Crippen LogP) is 4.53. The van der Waals surface area contributed by atoms with Gasteiger partial charge >= 0.3 is 0 Å². The molecular weight excluding hydrogens is 380 g/mol. The van der Waals surface area contributed by atoms with E-state index in [1.165, 1.54) is 22.2 Å². The molecule has 136 valence electrons. The molecule has 0 radical (unpaired) electrons. The van der Waals surface area contributed by atoms with Crippen LogP contribution in [0.5, 0.6) is 5.75 Å². The first-order valence-corrected chi connectivity index (χ1v) is 10.5. The van der Waals surface area contributed by atoms with Gasteiger partial charge < -0.3 is 9.26 Å². The van der Waals surface area contributed by atoms with Crippen LogP contribution in [0.1, 0.15) is 22.8 Å². The summed E-state index contributed by atoms with van der Waals surface area (Å²) < 4.78 is 10.8. The van der Waals surface area contributed by atoms with E-state index in [1.54, 1.807) is 36.5 Å². The summed E-state index contributed by atoms with van der Waals surface area (Å²) in [4.78, 5) is 16.0. The number of hydrogen-bond donors (Lipinski definition) is 0. The number of nitrogens with zero attached hydrogens (tertiary/aromatic N) is 4. The Hall–Kier alpha value is -2.45. The van der Waals surface area contributed by atoms with Crippen molar-refractivity contribution in [3.63, 3.8) is 0 Å². The number of hydrogen-bond acceptors (Lipinski definition) is 8. The summed E-state index contributed by atoms with van der Waals surface area (Å²) in [5, 5.41) is 6.32. The Bertz CT molecular complexity index is 1120. The lowest BCUT2D eigenvalue weighted by atomic mass is 10.2. The molecule has 0 atom stereocenters. The standard InChI is InChI=1S/C19H16N4O2S2/c1-24-13-7-3-2-5-11(13)17-22-15(25-23-17)9-26-18-16-12-6-4-8-14(12)27-19(16)21-10-20-18/h2-3,5,7,10H,4,6,8-9H2,1H3. The number of rotatable bonds is 5. The van der Waals surface area contributed by atoms with Crippen LogP contribution in [0.2, 0.25) is 0 Å². The quantitative estimate of drug-likeness (QED) is 0.362. The molecule has 0 bridgehead atoms. The number of thioether (sulfide) groups is 1. The van der Waals surface area contributed by atoms with Gasteiger partial charge in [-0.2, -0.15) is 4.98 Å². The molecule has 0 saturated carbocycles. The van der Waals surface area contributed by atoms with Crippen molar-refractivity contribution in [3.8, 4) is 17.1 Å². The van der Waals surface area contributed by atoms with E-state index in [1.807, 2.05) is 24.3 Å². The first-order valence-electron chi connectivity index (χ1n) is 8.67. The Balaban J connectivity index is 1.40. The third kappa shape index (κ3) is 2.98. The third-order valence-corrected chi connectivity index (χ3v) is 6.79. The maximum Gasteiger partial charge on any atom is 0.237 e. The van der Waals surface area contributed by atoms with Gasteiger partial charge in [0.15, 0.2) is 0 Å². The lowest BCUT2D eigenvalue weighted by Gasteiger charge is -2.03. The Labute approximate surface area is 164 Å². The lowest BCUT2D eigenvalue weighted by molar-refractivity contribution is 0.390.